The van der Waals surface area contributed by atoms with Gasteiger partial charge in [-0.15, -0.1) is 0 Å². The van der Waals surface area contributed by atoms with Gasteiger partial charge in [-0.1, -0.05) is 0 Å². The van der Waals surface area contributed by atoms with E-state index in [1.165, 1.54) is 0 Å². The summed E-state index contributed by atoms with van der Waals surface area (Å²) in [6, 6.07) is 5.01. The Kier molecular flexibility index (Phi) is 5.52. The molecule has 0 unspecified atom stereocenters. The highest BCUT2D eigenvalue weighted by Crippen LogP contribution is 2.23. The van der Waals surface area contributed by atoms with Crippen molar-refractivity contribution in [3.63, 3.8) is 0 Å². The molecule has 0 atom stereocenters. The minimum absolute atomic E-state index is 0.279. The van der Waals surface area contributed by atoms with Gasteiger partial charge in [-0.2, -0.15) is 0 Å². The summed E-state index contributed by atoms with van der Waals surface area (Å²) in [5, 5.41) is 2.80. The van der Waals surface area contributed by atoms with Crippen molar-refractivity contribution in [3.05, 3.63) is 36.2 Å². The highest BCUT2D eigenvalue weighted by molar-refractivity contribution is 6.04. The fourth-order valence-electron chi connectivity index (χ4n) is 2.70. The van der Waals surface area contributed by atoms with Crippen molar-refractivity contribution < 1.29 is 14.3 Å². The zero-order valence-electron chi connectivity index (χ0n) is 15.2. The fraction of sp³-hybridized carbons (Fsp3) is 0.389. The Morgan fingerprint density at radius 3 is 2.12 bits per heavy atom. The first kappa shape index (κ1) is 17.9. The number of nitrogens with one attached hydrogen (secondary N) is 1. The smallest absolute Gasteiger partial charge is 0.256 e. The van der Waals surface area contributed by atoms with Crippen LogP contribution in [-0.2, 0) is 0 Å². The molecule has 0 bridgehead atoms. The van der Waals surface area contributed by atoms with Gasteiger partial charge in [-0.25, -0.2) is 9.97 Å². The number of aromatic nitrogens is 2. The molecule has 26 heavy (non-hydrogen) atoms. The Labute approximate surface area is 152 Å². The lowest BCUT2D eigenvalue weighted by molar-refractivity contribution is 0.102. The van der Waals surface area contributed by atoms with Crippen molar-refractivity contribution >= 4 is 17.5 Å². The zero-order chi connectivity index (χ0) is 18.5. The number of amides is 1. The van der Waals surface area contributed by atoms with E-state index in [1.807, 2.05) is 0 Å². The number of likely N-dealkylation sites (N-methyl/N-ethyl adjacent to an activating group) is 1. The number of piperazine rings is 1. The summed E-state index contributed by atoms with van der Waals surface area (Å²) in [7, 11) is 5.19. The van der Waals surface area contributed by atoms with Crippen molar-refractivity contribution in [3.8, 4) is 11.5 Å². The van der Waals surface area contributed by atoms with Crippen LogP contribution in [0.1, 0.15) is 10.4 Å². The van der Waals surface area contributed by atoms with Gasteiger partial charge in [-0.05, 0) is 19.2 Å². The molecule has 0 spiro atoms. The highest BCUT2D eigenvalue weighted by atomic mass is 16.5. The van der Waals surface area contributed by atoms with Crippen molar-refractivity contribution in [1.29, 1.82) is 0 Å². The van der Waals surface area contributed by atoms with E-state index in [0.717, 1.165) is 26.2 Å². The molecule has 1 saturated heterocycles. The third-order valence-corrected chi connectivity index (χ3v) is 4.30. The summed E-state index contributed by atoms with van der Waals surface area (Å²) in [5.74, 6) is 1.50. The van der Waals surface area contributed by atoms with Gasteiger partial charge < -0.3 is 24.6 Å². The predicted molar refractivity (Wildman–Crippen MR) is 99.2 cm³/mol. The lowest BCUT2D eigenvalue weighted by atomic mass is 10.2. The fourth-order valence-corrected chi connectivity index (χ4v) is 2.70. The molecular weight excluding hydrogens is 334 g/mol. The summed E-state index contributed by atoms with van der Waals surface area (Å²) >= 11 is 0. The van der Waals surface area contributed by atoms with E-state index in [4.69, 9.17) is 9.47 Å². The molecule has 0 aliphatic carbocycles. The molecule has 8 heteroatoms. The second kappa shape index (κ2) is 8.01. The Morgan fingerprint density at radius 2 is 1.58 bits per heavy atom. The molecule has 0 saturated carbocycles. The maximum Gasteiger partial charge on any atom is 0.256 e. The average molecular weight is 357 g/mol. The Morgan fingerprint density at radius 1 is 1.00 bits per heavy atom. The van der Waals surface area contributed by atoms with Crippen LogP contribution in [0.4, 0.5) is 11.6 Å². The number of ether oxygens (including phenoxy) is 2. The van der Waals surface area contributed by atoms with Crippen LogP contribution in [0.15, 0.2) is 30.6 Å². The van der Waals surface area contributed by atoms with E-state index in [2.05, 4.69) is 32.1 Å². The number of anilines is 2. The normalized spacial score (nSPS) is 14.8. The molecule has 1 amide bonds. The van der Waals surface area contributed by atoms with Gasteiger partial charge in [0.05, 0.1) is 32.3 Å². The van der Waals surface area contributed by atoms with Gasteiger partial charge in [0, 0.05) is 37.8 Å². The lowest BCUT2D eigenvalue weighted by Crippen LogP contribution is -2.45. The first-order valence-corrected chi connectivity index (χ1v) is 8.39. The molecule has 1 fully saturated rings. The van der Waals surface area contributed by atoms with Crippen molar-refractivity contribution in [1.82, 2.24) is 14.9 Å². The summed E-state index contributed by atoms with van der Waals surface area (Å²) in [6.45, 7) is 3.76. The molecule has 1 aromatic carbocycles. The van der Waals surface area contributed by atoms with Gasteiger partial charge in [0.15, 0.2) is 0 Å². The zero-order valence-corrected chi connectivity index (χ0v) is 15.2. The molecule has 138 valence electrons. The van der Waals surface area contributed by atoms with Crippen LogP contribution in [0.3, 0.4) is 0 Å². The highest BCUT2D eigenvalue weighted by Gasteiger charge is 2.16. The number of rotatable bonds is 5. The minimum Gasteiger partial charge on any atom is -0.497 e. The quantitative estimate of drug-likeness (QED) is 0.868. The summed E-state index contributed by atoms with van der Waals surface area (Å²) in [5.41, 5.74) is 0.971. The van der Waals surface area contributed by atoms with Gasteiger partial charge in [0.1, 0.15) is 11.5 Å². The molecule has 8 nitrogen and oxygen atoms in total. The first-order valence-electron chi connectivity index (χ1n) is 8.39. The van der Waals surface area contributed by atoms with Crippen LogP contribution >= 0.6 is 0 Å². The summed E-state index contributed by atoms with van der Waals surface area (Å²) < 4.78 is 10.4. The maximum atomic E-state index is 12.5. The van der Waals surface area contributed by atoms with E-state index < -0.39 is 0 Å². The van der Waals surface area contributed by atoms with E-state index in [0.29, 0.717) is 28.7 Å². The average Bonchev–Trinajstić information content (AvgIpc) is 2.68. The summed E-state index contributed by atoms with van der Waals surface area (Å²) in [6.07, 6.45) is 3.24. The van der Waals surface area contributed by atoms with E-state index in [9.17, 15) is 4.79 Å². The monoisotopic (exact) mass is 357 g/mol. The molecule has 1 aliphatic heterocycles. The van der Waals surface area contributed by atoms with Crippen LogP contribution in [-0.4, -0.2) is 68.2 Å². The topological polar surface area (TPSA) is 79.8 Å². The molecule has 1 aromatic heterocycles. The van der Waals surface area contributed by atoms with Crippen molar-refractivity contribution in [2.45, 2.75) is 0 Å². The predicted octanol–water partition coefficient (Wildman–Crippen LogP) is 1.50. The number of methoxy groups -OCH3 is 2. The van der Waals surface area contributed by atoms with Crippen molar-refractivity contribution in [2.24, 2.45) is 0 Å². The van der Waals surface area contributed by atoms with E-state index in [1.54, 1.807) is 44.8 Å². The molecule has 3 rings (SSSR count). The standard InChI is InChI=1S/C18H23N5O3/c1-22-4-6-23(7-5-22)18-19-11-14(12-20-18)21-17(24)13-8-15(25-2)10-16(9-13)26-3/h8-12H,4-7H2,1-3H3,(H,21,24). The van der Waals surface area contributed by atoms with Gasteiger partial charge in [0.2, 0.25) is 5.95 Å². The number of carbonyl (C=O) groups is 1. The second-order valence-electron chi connectivity index (χ2n) is 6.12. The third kappa shape index (κ3) is 4.20. The van der Waals surface area contributed by atoms with Gasteiger partial charge in [-0.3, -0.25) is 4.79 Å². The van der Waals surface area contributed by atoms with Crippen LogP contribution in [0.2, 0.25) is 0 Å². The second-order valence-corrected chi connectivity index (χ2v) is 6.12. The Balaban J connectivity index is 1.68. The largest absolute Gasteiger partial charge is 0.497 e. The lowest BCUT2D eigenvalue weighted by Gasteiger charge is -2.32. The third-order valence-electron chi connectivity index (χ3n) is 4.30. The van der Waals surface area contributed by atoms with Crippen LogP contribution < -0.4 is 19.7 Å². The number of benzene rings is 1. The molecule has 1 aliphatic rings. The van der Waals surface area contributed by atoms with Crippen LogP contribution in [0.25, 0.3) is 0 Å². The van der Waals surface area contributed by atoms with Crippen molar-refractivity contribution in [2.75, 3.05) is 57.7 Å². The van der Waals surface area contributed by atoms with Crippen LogP contribution in [0, 0.1) is 0 Å². The van der Waals surface area contributed by atoms with Gasteiger partial charge >= 0.3 is 0 Å². The number of carbonyl (C=O) groups excluding carboxylic acids is 1. The molecule has 2 aromatic rings. The van der Waals surface area contributed by atoms with Crippen LogP contribution in [0.5, 0.6) is 11.5 Å². The van der Waals surface area contributed by atoms with Gasteiger partial charge in [0.25, 0.3) is 5.91 Å². The number of hydrogen-bond acceptors (Lipinski definition) is 7. The molecule has 0 radical (unpaired) electrons. The maximum absolute atomic E-state index is 12.5. The molecule has 2 heterocycles. The SMILES string of the molecule is COc1cc(OC)cc(C(=O)Nc2cnc(N3CCN(C)CC3)nc2)c1. The summed E-state index contributed by atoms with van der Waals surface area (Å²) in [4.78, 5) is 25.6. The van der Waals surface area contributed by atoms with E-state index in [-0.39, 0.29) is 5.91 Å². The molecular formula is C18H23N5O3. The minimum atomic E-state index is -0.279. The first-order chi connectivity index (χ1) is 12.6. The number of hydrogen-bond donors (Lipinski definition) is 1. The van der Waals surface area contributed by atoms with E-state index >= 15 is 0 Å². The molecule has 1 N–H and O–H groups in total. The Hall–Kier alpha value is -2.87. The Bertz CT molecular complexity index is 736. The number of nitrogens with zero attached hydrogens (tertiary/aromatic N) is 4.